The summed E-state index contributed by atoms with van der Waals surface area (Å²) in [5.41, 5.74) is 2.06. The van der Waals surface area contributed by atoms with Gasteiger partial charge in [0.25, 0.3) is 0 Å². The molecule has 1 aromatic carbocycles. The van der Waals surface area contributed by atoms with Gasteiger partial charge in [0, 0.05) is 23.8 Å². The predicted molar refractivity (Wildman–Crippen MR) is 85.0 cm³/mol. The monoisotopic (exact) mass is 276 g/mol. The molecule has 1 aromatic rings. The van der Waals surface area contributed by atoms with E-state index in [4.69, 9.17) is 0 Å². The smallest absolute Gasteiger partial charge is 0.0781 e. The van der Waals surface area contributed by atoms with Crippen LogP contribution in [0.4, 0.5) is 5.69 Å². The Morgan fingerprint density at radius 1 is 1.35 bits per heavy atom. The second-order valence-corrected chi connectivity index (χ2v) is 5.99. The van der Waals surface area contributed by atoms with Crippen LogP contribution in [-0.4, -0.2) is 35.7 Å². The van der Waals surface area contributed by atoms with Crippen molar-refractivity contribution in [3.8, 4) is 0 Å². The van der Waals surface area contributed by atoms with E-state index in [0.717, 1.165) is 17.8 Å². The Balaban J connectivity index is 2.02. The fourth-order valence-electron chi connectivity index (χ4n) is 3.14. The minimum Gasteiger partial charge on any atom is -0.389 e. The van der Waals surface area contributed by atoms with Gasteiger partial charge in [-0.25, -0.2) is 0 Å². The third-order valence-corrected chi connectivity index (χ3v) is 4.49. The third-order valence-electron chi connectivity index (χ3n) is 4.49. The largest absolute Gasteiger partial charge is 0.389 e. The molecule has 3 nitrogen and oxygen atoms in total. The summed E-state index contributed by atoms with van der Waals surface area (Å²) in [5.74, 6) is 0.686. The molecule has 0 saturated carbocycles. The zero-order valence-corrected chi connectivity index (χ0v) is 13.0. The van der Waals surface area contributed by atoms with Crippen LogP contribution in [0.1, 0.15) is 45.3 Å². The first-order chi connectivity index (χ1) is 9.61. The van der Waals surface area contributed by atoms with Gasteiger partial charge >= 0.3 is 0 Å². The summed E-state index contributed by atoms with van der Waals surface area (Å²) in [4.78, 5) is 2.53. The number of aliphatic hydroxyl groups excluding tert-OH is 1. The highest BCUT2D eigenvalue weighted by Gasteiger charge is 2.24. The lowest BCUT2D eigenvalue weighted by Crippen LogP contribution is -2.41. The highest BCUT2D eigenvalue weighted by atomic mass is 16.3. The van der Waals surface area contributed by atoms with E-state index in [-0.39, 0.29) is 0 Å². The van der Waals surface area contributed by atoms with Gasteiger partial charge in [0.2, 0.25) is 0 Å². The van der Waals surface area contributed by atoms with Crippen molar-refractivity contribution in [2.75, 3.05) is 25.0 Å². The van der Waals surface area contributed by atoms with E-state index in [1.54, 1.807) is 0 Å². The minimum atomic E-state index is -0.426. The molecule has 0 amide bonds. The van der Waals surface area contributed by atoms with Crippen LogP contribution in [0.3, 0.4) is 0 Å². The third kappa shape index (κ3) is 3.74. The van der Waals surface area contributed by atoms with Crippen molar-refractivity contribution < 1.29 is 5.11 Å². The molecular weight excluding hydrogens is 248 g/mol. The van der Waals surface area contributed by atoms with Crippen molar-refractivity contribution in [2.24, 2.45) is 5.92 Å². The molecular formula is C17H28N2O. The van der Waals surface area contributed by atoms with E-state index in [1.807, 2.05) is 25.1 Å². The topological polar surface area (TPSA) is 35.5 Å². The summed E-state index contributed by atoms with van der Waals surface area (Å²) in [5, 5.41) is 13.5. The molecule has 3 atom stereocenters. The number of para-hydroxylation sites is 1. The lowest BCUT2D eigenvalue weighted by atomic mass is 9.91. The molecule has 0 aliphatic carbocycles. The van der Waals surface area contributed by atoms with Gasteiger partial charge in [-0.3, -0.25) is 0 Å². The first-order valence-corrected chi connectivity index (χ1v) is 7.87. The highest BCUT2D eigenvalue weighted by Crippen LogP contribution is 2.26. The zero-order valence-electron chi connectivity index (χ0n) is 13.0. The minimum absolute atomic E-state index is 0.426. The van der Waals surface area contributed by atoms with E-state index < -0.39 is 6.10 Å². The summed E-state index contributed by atoms with van der Waals surface area (Å²) < 4.78 is 0. The summed E-state index contributed by atoms with van der Waals surface area (Å²) in [7, 11) is 0. The summed E-state index contributed by atoms with van der Waals surface area (Å²) in [6.45, 7) is 9.90. The van der Waals surface area contributed by atoms with Gasteiger partial charge in [0.1, 0.15) is 0 Å². The van der Waals surface area contributed by atoms with E-state index in [1.165, 1.54) is 25.9 Å². The molecule has 3 unspecified atom stereocenters. The molecule has 112 valence electrons. The van der Waals surface area contributed by atoms with Crippen LogP contribution >= 0.6 is 0 Å². The van der Waals surface area contributed by atoms with Crippen molar-refractivity contribution in [3.63, 3.8) is 0 Å². The Kier molecular flexibility index (Phi) is 5.44. The Hall–Kier alpha value is -1.06. The Labute approximate surface area is 123 Å². The van der Waals surface area contributed by atoms with Crippen molar-refractivity contribution in [2.45, 2.75) is 45.8 Å². The van der Waals surface area contributed by atoms with Gasteiger partial charge in [-0.15, -0.1) is 0 Å². The van der Waals surface area contributed by atoms with E-state index >= 15 is 0 Å². The highest BCUT2D eigenvalue weighted by molar-refractivity contribution is 5.52. The average molecular weight is 276 g/mol. The molecule has 0 radical (unpaired) electrons. The normalized spacial score (nSPS) is 23.3. The van der Waals surface area contributed by atoms with Crippen LogP contribution in [0.2, 0.25) is 0 Å². The average Bonchev–Trinajstić information content (AvgIpc) is 2.47. The summed E-state index contributed by atoms with van der Waals surface area (Å²) in [6, 6.07) is 8.51. The Morgan fingerprint density at radius 2 is 2.10 bits per heavy atom. The number of nitrogens with zero attached hydrogens (tertiary/aromatic N) is 1. The maximum Gasteiger partial charge on any atom is 0.0781 e. The number of hydrogen-bond donors (Lipinski definition) is 2. The molecule has 2 N–H and O–H groups in total. The maximum atomic E-state index is 9.86. The number of anilines is 1. The summed E-state index contributed by atoms with van der Waals surface area (Å²) in [6.07, 6.45) is 2.16. The van der Waals surface area contributed by atoms with Crippen LogP contribution in [0.5, 0.6) is 0 Å². The molecule has 1 aliphatic heterocycles. The van der Waals surface area contributed by atoms with E-state index in [9.17, 15) is 5.11 Å². The van der Waals surface area contributed by atoms with Gasteiger partial charge in [-0.2, -0.15) is 0 Å². The van der Waals surface area contributed by atoms with Crippen LogP contribution < -0.4 is 5.32 Å². The number of likely N-dealkylation sites (tertiary alicyclic amines) is 1. The molecule has 1 fully saturated rings. The van der Waals surface area contributed by atoms with Crippen LogP contribution in [-0.2, 0) is 0 Å². The van der Waals surface area contributed by atoms with Crippen LogP contribution in [0, 0.1) is 5.92 Å². The number of piperidine rings is 1. The number of nitrogens with one attached hydrogen (secondary N) is 1. The predicted octanol–water partition coefficient (Wildman–Crippen LogP) is 3.27. The molecule has 3 heteroatoms. The Morgan fingerprint density at radius 3 is 2.80 bits per heavy atom. The second-order valence-electron chi connectivity index (χ2n) is 5.99. The summed E-state index contributed by atoms with van der Waals surface area (Å²) >= 11 is 0. The fourth-order valence-corrected chi connectivity index (χ4v) is 3.14. The first-order valence-electron chi connectivity index (χ1n) is 7.87. The number of rotatable bonds is 5. The second kappa shape index (κ2) is 7.09. The zero-order chi connectivity index (χ0) is 14.5. The first kappa shape index (κ1) is 15.3. The van der Waals surface area contributed by atoms with Gasteiger partial charge in [0.05, 0.1) is 6.10 Å². The molecule has 2 rings (SSSR count). The van der Waals surface area contributed by atoms with Crippen LogP contribution in [0.25, 0.3) is 0 Å². The van der Waals surface area contributed by atoms with Gasteiger partial charge in [-0.1, -0.05) is 25.1 Å². The quantitative estimate of drug-likeness (QED) is 0.866. The molecule has 0 bridgehead atoms. The molecule has 1 aliphatic rings. The Bertz CT molecular complexity index is 419. The lowest BCUT2D eigenvalue weighted by Gasteiger charge is -2.36. The van der Waals surface area contributed by atoms with Crippen molar-refractivity contribution in [1.29, 1.82) is 0 Å². The number of aliphatic hydroxyl groups is 1. The van der Waals surface area contributed by atoms with Gasteiger partial charge < -0.3 is 15.3 Å². The maximum absolute atomic E-state index is 9.86. The van der Waals surface area contributed by atoms with E-state index in [2.05, 4.69) is 30.1 Å². The van der Waals surface area contributed by atoms with E-state index in [0.29, 0.717) is 12.0 Å². The fraction of sp³-hybridized carbons (Fsp3) is 0.647. The van der Waals surface area contributed by atoms with Crippen molar-refractivity contribution in [1.82, 2.24) is 4.90 Å². The van der Waals surface area contributed by atoms with Crippen molar-refractivity contribution >= 4 is 5.69 Å². The van der Waals surface area contributed by atoms with Crippen LogP contribution in [0.15, 0.2) is 24.3 Å². The van der Waals surface area contributed by atoms with Gasteiger partial charge in [-0.05, 0) is 51.8 Å². The van der Waals surface area contributed by atoms with Crippen molar-refractivity contribution in [3.05, 3.63) is 29.8 Å². The standard InChI is InChI=1S/C17H28N2O/c1-4-19-11-7-8-15(12-19)13(2)18-17-10-6-5-9-16(17)14(3)20/h5-6,9-10,13-15,18,20H,4,7-8,11-12H2,1-3H3. The molecule has 1 saturated heterocycles. The number of hydrogen-bond acceptors (Lipinski definition) is 3. The molecule has 0 spiro atoms. The lowest BCUT2D eigenvalue weighted by molar-refractivity contribution is 0.172. The molecule has 0 aromatic heterocycles. The number of benzene rings is 1. The van der Waals surface area contributed by atoms with Gasteiger partial charge in [0.15, 0.2) is 0 Å². The SMILES string of the molecule is CCN1CCCC(C(C)Nc2ccccc2C(C)O)C1. The molecule has 20 heavy (non-hydrogen) atoms. The molecule has 1 heterocycles.